The molecule has 27 heavy (non-hydrogen) atoms. The van der Waals surface area contributed by atoms with Crippen LogP contribution in [0.5, 0.6) is 0 Å². The number of pyridine rings is 1. The second kappa shape index (κ2) is 5.56. The van der Waals surface area contributed by atoms with Crippen LogP contribution >= 0.6 is 0 Å². The van der Waals surface area contributed by atoms with E-state index in [1.165, 1.54) is 41.7 Å². The molecule has 1 saturated carbocycles. The third-order valence-corrected chi connectivity index (χ3v) is 8.44. The lowest BCUT2D eigenvalue weighted by molar-refractivity contribution is -0.126. The minimum Gasteiger partial charge on any atom is -0.319 e. The van der Waals surface area contributed by atoms with Crippen LogP contribution in [0.1, 0.15) is 57.1 Å². The number of carbonyl (C=O) groups excluding carboxylic acids is 1. The Bertz CT molecular complexity index is 884. The second-order valence-electron chi connectivity index (χ2n) is 9.81. The summed E-state index contributed by atoms with van der Waals surface area (Å²) in [6.45, 7) is 6.97. The van der Waals surface area contributed by atoms with E-state index in [9.17, 15) is 4.79 Å². The topological polar surface area (TPSA) is 33.2 Å². The number of carbonyl (C=O) groups is 1. The van der Waals surface area contributed by atoms with E-state index in [1.54, 1.807) is 0 Å². The van der Waals surface area contributed by atoms with Crippen molar-refractivity contribution in [2.24, 2.45) is 28.6 Å². The first-order valence-electron chi connectivity index (χ1n) is 10.4. The zero-order valence-corrected chi connectivity index (χ0v) is 17.0. The van der Waals surface area contributed by atoms with Crippen molar-refractivity contribution in [2.45, 2.75) is 52.9 Å². The van der Waals surface area contributed by atoms with Crippen molar-refractivity contribution in [1.82, 2.24) is 9.88 Å². The highest BCUT2D eigenvalue weighted by Crippen LogP contribution is 2.66. The van der Waals surface area contributed by atoms with E-state index in [-0.39, 0.29) is 10.8 Å². The molecule has 0 bridgehead atoms. The van der Waals surface area contributed by atoms with Gasteiger partial charge in [0.25, 0.3) is 0 Å². The first kappa shape index (κ1) is 17.2. The molecule has 1 aliphatic heterocycles. The Kier molecular flexibility index (Phi) is 3.54. The summed E-state index contributed by atoms with van der Waals surface area (Å²) in [5, 5.41) is 0. The Morgan fingerprint density at radius 2 is 1.93 bits per heavy atom. The maximum absolute atomic E-state index is 12.4. The van der Waals surface area contributed by atoms with Crippen LogP contribution < -0.4 is 0 Å². The number of aryl methyl sites for hydroxylation is 1. The second-order valence-corrected chi connectivity index (χ2v) is 9.81. The molecule has 142 valence electrons. The fourth-order valence-electron chi connectivity index (χ4n) is 7.10. The number of nitrogens with zero attached hydrogens (tertiary/aromatic N) is 2. The van der Waals surface area contributed by atoms with Gasteiger partial charge in [-0.1, -0.05) is 26.0 Å². The minimum atomic E-state index is 0.0454. The molecule has 0 unspecified atom stereocenters. The zero-order valence-electron chi connectivity index (χ0n) is 17.0. The van der Waals surface area contributed by atoms with Gasteiger partial charge >= 0.3 is 0 Å². The monoisotopic (exact) mass is 362 g/mol. The SMILES string of the molecule is Cc1cncc(C2=CC[C@H]3[C@@H]4CC=C5N(C)C(=O)C[C@]5(C)[C@H]4CC[C@]23C)c1. The lowest BCUT2D eigenvalue weighted by atomic mass is 9.50. The van der Waals surface area contributed by atoms with Gasteiger partial charge in [-0.3, -0.25) is 9.78 Å². The van der Waals surface area contributed by atoms with Crippen molar-refractivity contribution in [3.8, 4) is 0 Å². The van der Waals surface area contributed by atoms with Crippen LogP contribution in [0.4, 0.5) is 0 Å². The molecule has 2 fully saturated rings. The smallest absolute Gasteiger partial charge is 0.227 e. The molecular weight excluding hydrogens is 332 g/mol. The van der Waals surface area contributed by atoms with Gasteiger partial charge in [0.15, 0.2) is 0 Å². The lowest BCUT2D eigenvalue weighted by Crippen LogP contribution is -2.47. The van der Waals surface area contributed by atoms with Crippen LogP contribution in [0.25, 0.3) is 5.57 Å². The maximum Gasteiger partial charge on any atom is 0.227 e. The normalized spacial score (nSPS) is 40.2. The van der Waals surface area contributed by atoms with E-state index in [1.807, 2.05) is 24.3 Å². The number of amides is 1. The summed E-state index contributed by atoms with van der Waals surface area (Å²) in [5.74, 6) is 2.30. The molecule has 4 aliphatic rings. The summed E-state index contributed by atoms with van der Waals surface area (Å²) in [6.07, 6.45) is 14.3. The number of likely N-dealkylation sites (tertiary alicyclic amines) is 1. The summed E-state index contributed by atoms with van der Waals surface area (Å²) < 4.78 is 0. The summed E-state index contributed by atoms with van der Waals surface area (Å²) >= 11 is 0. The predicted octanol–water partition coefficient (Wildman–Crippen LogP) is 4.98. The van der Waals surface area contributed by atoms with Gasteiger partial charge in [0, 0.05) is 37.0 Å². The zero-order chi connectivity index (χ0) is 19.0. The van der Waals surface area contributed by atoms with Crippen molar-refractivity contribution >= 4 is 11.5 Å². The van der Waals surface area contributed by atoms with Gasteiger partial charge in [0.2, 0.25) is 5.91 Å². The molecular formula is C24H30N2O. The summed E-state index contributed by atoms with van der Waals surface area (Å²) in [6, 6.07) is 2.29. The third kappa shape index (κ3) is 2.20. The van der Waals surface area contributed by atoms with Crippen LogP contribution in [0.15, 0.2) is 36.3 Å². The van der Waals surface area contributed by atoms with E-state index < -0.39 is 0 Å². The van der Waals surface area contributed by atoms with Crippen LogP contribution in [-0.2, 0) is 4.79 Å². The molecule has 0 aromatic carbocycles. The largest absolute Gasteiger partial charge is 0.319 e. The Balaban J connectivity index is 1.50. The van der Waals surface area contributed by atoms with E-state index >= 15 is 0 Å². The Hall–Kier alpha value is -1.90. The standard InChI is InChI=1S/C24H30N2O/c1-15-11-16(14-25-13-15)18-6-7-19-17-5-8-21-24(3,12-22(27)26(21)4)20(17)9-10-23(18,19)2/h6,8,11,13-14,17,19-20H,5,7,9-10,12H2,1-4H3/t17-,19-,20-,23+,24+/m0/s1. The molecule has 5 rings (SSSR count). The minimum absolute atomic E-state index is 0.0454. The molecule has 3 nitrogen and oxygen atoms in total. The molecule has 3 heteroatoms. The van der Waals surface area contributed by atoms with Crippen LogP contribution in [0.2, 0.25) is 0 Å². The van der Waals surface area contributed by atoms with Gasteiger partial charge in [-0.2, -0.15) is 0 Å². The number of allylic oxidation sites excluding steroid dienone is 4. The van der Waals surface area contributed by atoms with Gasteiger partial charge in [-0.15, -0.1) is 0 Å². The average molecular weight is 363 g/mol. The lowest BCUT2D eigenvalue weighted by Gasteiger charge is -2.54. The molecule has 3 aliphatic carbocycles. The average Bonchev–Trinajstić information content (AvgIpc) is 3.09. The molecule has 0 spiro atoms. The molecule has 1 aromatic heterocycles. The maximum atomic E-state index is 12.4. The van der Waals surface area contributed by atoms with E-state index in [4.69, 9.17) is 0 Å². The molecule has 0 N–H and O–H groups in total. The van der Waals surface area contributed by atoms with Gasteiger partial charge in [-0.05, 0) is 78.5 Å². The van der Waals surface area contributed by atoms with Crippen molar-refractivity contribution in [3.63, 3.8) is 0 Å². The molecule has 1 saturated heterocycles. The van der Waals surface area contributed by atoms with Crippen molar-refractivity contribution in [2.75, 3.05) is 7.05 Å². The van der Waals surface area contributed by atoms with Gasteiger partial charge in [0.1, 0.15) is 0 Å². The first-order chi connectivity index (χ1) is 12.8. The van der Waals surface area contributed by atoms with Gasteiger partial charge < -0.3 is 4.90 Å². The van der Waals surface area contributed by atoms with E-state index in [0.717, 1.165) is 6.42 Å². The highest BCUT2D eigenvalue weighted by molar-refractivity contribution is 5.83. The van der Waals surface area contributed by atoms with E-state index in [0.29, 0.717) is 30.1 Å². The highest BCUT2D eigenvalue weighted by atomic mass is 16.2. The summed E-state index contributed by atoms with van der Waals surface area (Å²) in [4.78, 5) is 18.8. The Labute approximate surface area is 162 Å². The predicted molar refractivity (Wildman–Crippen MR) is 108 cm³/mol. The number of fused-ring (bicyclic) bond motifs is 5. The molecule has 1 aromatic rings. The van der Waals surface area contributed by atoms with Crippen LogP contribution in [0, 0.1) is 35.5 Å². The molecule has 2 heterocycles. The molecule has 5 atom stereocenters. The number of hydrogen-bond donors (Lipinski definition) is 0. The number of rotatable bonds is 1. The molecule has 0 radical (unpaired) electrons. The number of hydrogen-bond acceptors (Lipinski definition) is 2. The van der Waals surface area contributed by atoms with E-state index in [2.05, 4.69) is 44.0 Å². The van der Waals surface area contributed by atoms with Crippen molar-refractivity contribution in [1.29, 1.82) is 0 Å². The highest BCUT2D eigenvalue weighted by Gasteiger charge is 2.59. The number of aromatic nitrogens is 1. The Morgan fingerprint density at radius 3 is 2.70 bits per heavy atom. The van der Waals surface area contributed by atoms with Gasteiger partial charge in [-0.25, -0.2) is 0 Å². The Morgan fingerprint density at radius 1 is 1.11 bits per heavy atom. The van der Waals surface area contributed by atoms with Crippen LogP contribution in [-0.4, -0.2) is 22.8 Å². The van der Waals surface area contributed by atoms with Crippen molar-refractivity contribution in [3.05, 3.63) is 47.4 Å². The first-order valence-corrected chi connectivity index (χ1v) is 10.4. The fourth-order valence-corrected chi connectivity index (χ4v) is 7.10. The third-order valence-electron chi connectivity index (χ3n) is 8.44. The summed E-state index contributed by atoms with van der Waals surface area (Å²) in [7, 11) is 1.96. The van der Waals surface area contributed by atoms with Crippen molar-refractivity contribution < 1.29 is 4.79 Å². The quantitative estimate of drug-likeness (QED) is 0.706. The van der Waals surface area contributed by atoms with Crippen LogP contribution in [0.3, 0.4) is 0 Å². The molecule has 1 amide bonds. The van der Waals surface area contributed by atoms with Gasteiger partial charge in [0.05, 0.1) is 0 Å². The fraction of sp³-hybridized carbons (Fsp3) is 0.583. The summed E-state index contributed by atoms with van der Waals surface area (Å²) in [5.41, 5.74) is 5.65.